The molecule has 1 aromatic carbocycles. The van der Waals surface area contributed by atoms with Crippen molar-refractivity contribution in [2.24, 2.45) is 0 Å². The molecule has 0 fully saturated rings. The van der Waals surface area contributed by atoms with Gasteiger partial charge in [-0.15, -0.1) is 0 Å². The number of urea groups is 1. The molecule has 3 heterocycles. The van der Waals surface area contributed by atoms with Gasteiger partial charge < -0.3 is 20.2 Å². The van der Waals surface area contributed by atoms with Gasteiger partial charge in [0.1, 0.15) is 12.2 Å². The molecule has 13 heteroatoms. The van der Waals surface area contributed by atoms with Crippen molar-refractivity contribution in [1.82, 2.24) is 20.1 Å². The van der Waals surface area contributed by atoms with Gasteiger partial charge in [0.2, 0.25) is 0 Å². The Balaban J connectivity index is 1.88. The monoisotopic (exact) mass is 536 g/mol. The predicted octanol–water partition coefficient (Wildman–Crippen LogP) is 3.84. The zero-order valence-electron chi connectivity index (χ0n) is 21.7. The van der Waals surface area contributed by atoms with Crippen LogP contribution in [0.25, 0.3) is 5.57 Å². The third kappa shape index (κ3) is 5.08. The van der Waals surface area contributed by atoms with Crippen molar-refractivity contribution in [3.05, 3.63) is 65.4 Å². The molecule has 1 aliphatic heterocycles. The highest BCUT2D eigenvalue weighted by Gasteiger charge is 2.37. The molecule has 0 spiro atoms. The summed E-state index contributed by atoms with van der Waals surface area (Å²) in [6.45, 7) is 1.42. The summed E-state index contributed by atoms with van der Waals surface area (Å²) in [7, 11) is 4.15. The van der Waals surface area contributed by atoms with Crippen LogP contribution in [0.4, 0.5) is 25.0 Å². The summed E-state index contributed by atoms with van der Waals surface area (Å²) in [5.74, 6) is -2.69. The van der Waals surface area contributed by atoms with Crippen LogP contribution in [0.2, 0.25) is 0 Å². The van der Waals surface area contributed by atoms with E-state index in [1.807, 2.05) is 6.07 Å². The number of benzene rings is 1. The molecule has 2 aromatic heterocycles. The smallest absolute Gasteiger partial charge is 0.329 e. The first-order valence-electron chi connectivity index (χ1n) is 11.7. The lowest BCUT2D eigenvalue weighted by Gasteiger charge is -2.37. The number of fused-ring (bicyclic) bond motifs is 1. The number of hydrogen-bond acceptors (Lipinski definition) is 8. The number of nitrogens with one attached hydrogen (secondary N) is 2. The molecule has 11 nitrogen and oxygen atoms in total. The fourth-order valence-electron chi connectivity index (χ4n) is 4.27. The molecule has 0 saturated heterocycles. The zero-order valence-corrected chi connectivity index (χ0v) is 21.7. The Bertz CT molecular complexity index is 1480. The SMILES string of the molecule is CN/C=C(\C(C)=N)c1cc2c(cn1)CN(c1c(F)c(OC)cc(OC)c1F)C(=O)N2Cc1cnn(CC#N)c1. The second-order valence-electron chi connectivity index (χ2n) is 8.59. The second-order valence-corrected chi connectivity index (χ2v) is 8.59. The molecule has 0 aliphatic carbocycles. The maximum absolute atomic E-state index is 15.4. The number of amides is 2. The van der Waals surface area contributed by atoms with E-state index in [-0.39, 0.29) is 36.8 Å². The number of halogens is 2. The van der Waals surface area contributed by atoms with E-state index >= 15 is 8.78 Å². The first kappa shape index (κ1) is 27.1. The highest BCUT2D eigenvalue weighted by atomic mass is 19.1. The molecule has 1 aliphatic rings. The maximum Gasteiger partial charge on any atom is 0.329 e. The van der Waals surface area contributed by atoms with Gasteiger partial charge in [0.05, 0.1) is 51.0 Å². The Morgan fingerprint density at radius 3 is 2.51 bits per heavy atom. The molecule has 0 saturated carbocycles. The first-order valence-corrected chi connectivity index (χ1v) is 11.7. The number of nitrogens with zero attached hydrogens (tertiary/aromatic N) is 6. The average Bonchev–Trinajstić information content (AvgIpc) is 3.36. The normalized spacial score (nSPS) is 13.2. The maximum atomic E-state index is 15.4. The lowest BCUT2D eigenvalue weighted by Crippen LogP contribution is -2.47. The minimum Gasteiger partial charge on any atom is -0.493 e. The van der Waals surface area contributed by atoms with Gasteiger partial charge in [-0.1, -0.05) is 0 Å². The molecule has 3 aromatic rings. The topological polar surface area (TPSA) is 132 Å². The number of nitriles is 1. The van der Waals surface area contributed by atoms with Crippen LogP contribution in [0.3, 0.4) is 0 Å². The van der Waals surface area contributed by atoms with Crippen molar-refractivity contribution >= 4 is 28.7 Å². The van der Waals surface area contributed by atoms with Crippen molar-refractivity contribution in [1.29, 1.82) is 10.7 Å². The number of aromatic nitrogens is 3. The van der Waals surface area contributed by atoms with Gasteiger partial charge in [-0.05, 0) is 13.0 Å². The number of methoxy groups -OCH3 is 2. The van der Waals surface area contributed by atoms with Gasteiger partial charge in [-0.2, -0.15) is 10.4 Å². The molecular weight excluding hydrogens is 510 g/mol. The molecule has 2 amide bonds. The van der Waals surface area contributed by atoms with Crippen LogP contribution in [-0.4, -0.2) is 47.8 Å². The largest absolute Gasteiger partial charge is 0.493 e. The summed E-state index contributed by atoms with van der Waals surface area (Å²) < 4.78 is 42.4. The number of rotatable bonds is 9. The number of hydrogen-bond donors (Lipinski definition) is 2. The van der Waals surface area contributed by atoms with Crippen LogP contribution in [0.15, 0.2) is 36.9 Å². The predicted molar refractivity (Wildman–Crippen MR) is 140 cm³/mol. The van der Waals surface area contributed by atoms with Crippen molar-refractivity contribution in [2.45, 2.75) is 26.6 Å². The van der Waals surface area contributed by atoms with E-state index in [2.05, 4.69) is 15.4 Å². The summed E-state index contributed by atoms with van der Waals surface area (Å²) in [5, 5.41) is 24.1. The second kappa shape index (κ2) is 11.2. The van der Waals surface area contributed by atoms with E-state index in [9.17, 15) is 4.79 Å². The zero-order chi connectivity index (χ0) is 28.3. The number of anilines is 2. The first-order chi connectivity index (χ1) is 18.7. The van der Waals surface area contributed by atoms with Crippen LogP contribution in [0, 0.1) is 28.4 Å². The molecular formula is C26H26F2N8O3. The number of pyridine rings is 1. The molecule has 202 valence electrons. The quantitative estimate of drug-likeness (QED) is 0.397. The molecule has 0 radical (unpaired) electrons. The molecule has 0 atom stereocenters. The van der Waals surface area contributed by atoms with Crippen LogP contribution >= 0.6 is 0 Å². The number of ether oxygens (including phenoxy) is 2. The summed E-state index contributed by atoms with van der Waals surface area (Å²) in [6, 6.07) is 4.01. The fraction of sp³-hybridized carbons (Fsp3) is 0.269. The molecule has 0 unspecified atom stereocenters. The highest BCUT2D eigenvalue weighted by molar-refractivity contribution is 6.20. The summed E-state index contributed by atoms with van der Waals surface area (Å²) in [4.78, 5) is 20.7. The Morgan fingerprint density at radius 1 is 1.23 bits per heavy atom. The van der Waals surface area contributed by atoms with Gasteiger partial charge in [0.15, 0.2) is 23.1 Å². The summed E-state index contributed by atoms with van der Waals surface area (Å²) in [5.41, 5.74) is 2.11. The third-order valence-corrected chi connectivity index (χ3v) is 6.09. The van der Waals surface area contributed by atoms with E-state index in [1.165, 1.54) is 36.2 Å². The van der Waals surface area contributed by atoms with Gasteiger partial charge in [0, 0.05) is 54.1 Å². The van der Waals surface area contributed by atoms with Gasteiger partial charge in [-0.3, -0.25) is 19.5 Å². The Hall–Kier alpha value is -4.99. The molecule has 0 bridgehead atoms. The summed E-state index contributed by atoms with van der Waals surface area (Å²) in [6.07, 6.45) is 6.25. The minimum absolute atomic E-state index is 0.0154. The van der Waals surface area contributed by atoms with E-state index in [0.717, 1.165) is 11.0 Å². The van der Waals surface area contributed by atoms with Crippen LogP contribution in [0.5, 0.6) is 11.5 Å². The highest BCUT2D eigenvalue weighted by Crippen LogP contribution is 2.41. The Kier molecular flexibility index (Phi) is 7.75. The number of carbonyl (C=O) groups is 1. The van der Waals surface area contributed by atoms with Crippen molar-refractivity contribution in [3.63, 3.8) is 0 Å². The standard InChI is InChI=1S/C26H26F2N8O3/c1-15(30)18(11-31-2)19-7-20-17(10-32-19)14-36(25-23(27)21(38-3)8-22(39-4)24(25)28)26(37)35(20)13-16-9-33-34(12-16)6-5-29/h7-12,30-31H,6,13-14H2,1-4H3/b18-11+,30-15?. The number of carbonyl (C=O) groups excluding carboxylic acids is 1. The number of allylic oxidation sites excluding steroid dienone is 1. The van der Waals surface area contributed by atoms with Gasteiger partial charge in [-0.25, -0.2) is 13.6 Å². The van der Waals surface area contributed by atoms with E-state index in [1.54, 1.807) is 32.4 Å². The van der Waals surface area contributed by atoms with Gasteiger partial charge >= 0.3 is 6.03 Å². The van der Waals surface area contributed by atoms with E-state index in [4.69, 9.17) is 20.1 Å². The molecule has 2 N–H and O–H groups in total. The molecule has 4 rings (SSSR count). The lowest BCUT2D eigenvalue weighted by molar-refractivity contribution is 0.249. The van der Waals surface area contributed by atoms with Crippen molar-refractivity contribution in [3.8, 4) is 17.6 Å². The van der Waals surface area contributed by atoms with E-state index in [0.29, 0.717) is 28.1 Å². The third-order valence-electron chi connectivity index (χ3n) is 6.09. The van der Waals surface area contributed by atoms with Crippen molar-refractivity contribution < 1.29 is 23.0 Å². The summed E-state index contributed by atoms with van der Waals surface area (Å²) >= 11 is 0. The van der Waals surface area contributed by atoms with Crippen molar-refractivity contribution in [2.75, 3.05) is 31.1 Å². The minimum atomic E-state index is -1.06. The van der Waals surface area contributed by atoms with Crippen LogP contribution in [0.1, 0.15) is 23.7 Å². The van der Waals surface area contributed by atoms with Crippen LogP contribution in [-0.2, 0) is 19.6 Å². The Labute approximate surface area is 223 Å². The average molecular weight is 537 g/mol. The fourth-order valence-corrected chi connectivity index (χ4v) is 4.27. The lowest BCUT2D eigenvalue weighted by atomic mass is 10.0. The Morgan fingerprint density at radius 2 is 1.92 bits per heavy atom. The molecule has 39 heavy (non-hydrogen) atoms. The van der Waals surface area contributed by atoms with Gasteiger partial charge in [0.25, 0.3) is 0 Å². The van der Waals surface area contributed by atoms with E-state index < -0.39 is 23.4 Å². The van der Waals surface area contributed by atoms with Crippen LogP contribution < -0.4 is 24.6 Å².